The van der Waals surface area contributed by atoms with Gasteiger partial charge in [0.1, 0.15) is 0 Å². The Bertz CT molecular complexity index is 94.7. The van der Waals surface area contributed by atoms with Gasteiger partial charge in [-0.15, -0.1) is 0 Å². The molecule has 0 aromatic heterocycles. The average Bonchev–Trinajstić information content (AvgIpc) is 1.69. The van der Waals surface area contributed by atoms with Gasteiger partial charge < -0.3 is 15.8 Å². The lowest BCUT2D eigenvalue weighted by molar-refractivity contribution is -0.137. The van der Waals surface area contributed by atoms with E-state index in [1.807, 2.05) is 0 Å². The van der Waals surface area contributed by atoms with Crippen molar-refractivity contribution in [2.75, 3.05) is 7.11 Å². The van der Waals surface area contributed by atoms with Crippen molar-refractivity contribution in [1.29, 1.82) is 0 Å². The molecule has 0 aromatic carbocycles. The SMILES string of the molecule is COC(C)=O.[N-]=[N+]=[N-]. The summed E-state index contributed by atoms with van der Waals surface area (Å²) in [5.41, 5.74) is 13.5. The molecule has 46 valence electrons. The summed E-state index contributed by atoms with van der Waals surface area (Å²) in [6, 6.07) is 0. The molecule has 0 N–H and O–H groups in total. The van der Waals surface area contributed by atoms with Gasteiger partial charge in [-0.05, 0) is 0 Å². The normalized spacial score (nSPS) is 5.25. The van der Waals surface area contributed by atoms with Crippen molar-refractivity contribution in [1.82, 2.24) is 0 Å². The van der Waals surface area contributed by atoms with Crippen LogP contribution in [0.1, 0.15) is 6.92 Å². The average molecular weight is 116 g/mol. The van der Waals surface area contributed by atoms with Crippen molar-refractivity contribution >= 4 is 5.97 Å². The second kappa shape index (κ2) is 9.24. The molecule has 0 heterocycles. The van der Waals surface area contributed by atoms with E-state index in [2.05, 4.69) is 4.74 Å². The molecule has 0 saturated carbocycles. The number of hydrogen-bond donors (Lipinski definition) is 0. The van der Waals surface area contributed by atoms with Crippen LogP contribution in [0.25, 0.3) is 16.0 Å². The third-order valence-corrected chi connectivity index (χ3v) is 0.287. The molecule has 0 aliphatic carbocycles. The van der Waals surface area contributed by atoms with Crippen molar-refractivity contribution in [3.05, 3.63) is 16.0 Å². The minimum atomic E-state index is -0.245. The van der Waals surface area contributed by atoms with E-state index >= 15 is 0 Å². The molecule has 0 aliphatic rings. The van der Waals surface area contributed by atoms with Gasteiger partial charge in [-0.2, -0.15) is 0 Å². The molecule has 0 aromatic rings. The van der Waals surface area contributed by atoms with E-state index < -0.39 is 0 Å². The van der Waals surface area contributed by atoms with E-state index in [1.165, 1.54) is 18.9 Å². The van der Waals surface area contributed by atoms with Crippen LogP contribution in [0.3, 0.4) is 0 Å². The van der Waals surface area contributed by atoms with Gasteiger partial charge in [-0.1, -0.05) is 0 Å². The third kappa shape index (κ3) is 112. The second-order valence-corrected chi connectivity index (χ2v) is 0.785. The van der Waals surface area contributed by atoms with Gasteiger partial charge in [0, 0.05) is 6.92 Å². The fourth-order valence-electron chi connectivity index (χ4n) is 0. The van der Waals surface area contributed by atoms with Crippen LogP contribution in [0.5, 0.6) is 0 Å². The lowest BCUT2D eigenvalue weighted by atomic mass is 10.8. The predicted octanol–water partition coefficient (Wildman–Crippen LogP) is 1.05. The van der Waals surface area contributed by atoms with E-state index in [4.69, 9.17) is 11.1 Å². The Kier molecular flexibility index (Phi) is 11.5. The quantitative estimate of drug-likeness (QED) is 0.205. The van der Waals surface area contributed by atoms with Crippen LogP contribution in [-0.2, 0) is 9.53 Å². The van der Waals surface area contributed by atoms with Gasteiger partial charge in [-0.3, -0.25) is 9.71 Å². The number of ether oxygens (including phenoxy) is 1. The van der Waals surface area contributed by atoms with Crippen LogP contribution < -0.4 is 0 Å². The fraction of sp³-hybridized carbons (Fsp3) is 0.667. The van der Waals surface area contributed by atoms with E-state index in [0.29, 0.717) is 0 Å². The van der Waals surface area contributed by atoms with E-state index in [1.54, 1.807) is 0 Å². The Morgan fingerprint density at radius 3 is 1.75 bits per heavy atom. The van der Waals surface area contributed by atoms with Crippen molar-refractivity contribution in [3.63, 3.8) is 0 Å². The van der Waals surface area contributed by atoms with Gasteiger partial charge in [0.2, 0.25) is 0 Å². The zero-order chi connectivity index (χ0) is 6.99. The number of rotatable bonds is 0. The van der Waals surface area contributed by atoms with E-state index in [-0.39, 0.29) is 5.97 Å². The van der Waals surface area contributed by atoms with Crippen molar-refractivity contribution in [3.8, 4) is 0 Å². The van der Waals surface area contributed by atoms with Crippen molar-refractivity contribution in [2.24, 2.45) is 0 Å². The standard InChI is InChI=1S/C3H6O2.N3/c1-3(4)5-2;1-3-2/h1-2H3;/q;-1. The second-order valence-electron chi connectivity index (χ2n) is 0.785. The largest absolute Gasteiger partial charge is 0.469 e. The molecule has 0 fully saturated rings. The van der Waals surface area contributed by atoms with Crippen LogP contribution in [0.4, 0.5) is 0 Å². The monoisotopic (exact) mass is 116 g/mol. The summed E-state index contributed by atoms with van der Waals surface area (Å²) in [5, 5.41) is 0. The van der Waals surface area contributed by atoms with Gasteiger partial charge in [-0.25, -0.2) is 0 Å². The minimum Gasteiger partial charge on any atom is -0.469 e. The first-order chi connectivity index (χ1) is 3.68. The van der Waals surface area contributed by atoms with Gasteiger partial charge in [0.25, 0.3) is 0 Å². The maximum absolute atomic E-state index is 9.59. The first-order valence-corrected chi connectivity index (χ1v) is 1.72. The van der Waals surface area contributed by atoms with Crippen molar-refractivity contribution < 1.29 is 9.53 Å². The Morgan fingerprint density at radius 2 is 1.75 bits per heavy atom. The summed E-state index contributed by atoms with van der Waals surface area (Å²) < 4.78 is 4.11. The van der Waals surface area contributed by atoms with Crippen LogP contribution in [0, 0.1) is 0 Å². The maximum Gasteiger partial charge on any atom is 0.302 e. The zero-order valence-electron chi connectivity index (χ0n) is 4.66. The Morgan fingerprint density at radius 1 is 1.62 bits per heavy atom. The van der Waals surface area contributed by atoms with Crippen LogP contribution in [0.15, 0.2) is 0 Å². The molecular formula is C3H6N3O2-. The molecule has 5 heteroatoms. The predicted molar refractivity (Wildman–Crippen MR) is 27.8 cm³/mol. The molecule has 0 aliphatic heterocycles. The lowest BCUT2D eigenvalue weighted by Gasteiger charge is -1.80. The molecule has 0 radical (unpaired) electrons. The highest BCUT2D eigenvalue weighted by molar-refractivity contribution is 5.65. The zero-order valence-corrected chi connectivity index (χ0v) is 4.66. The number of hydrogen-bond acceptors (Lipinski definition) is 2. The highest BCUT2D eigenvalue weighted by atomic mass is 16.5. The first kappa shape index (κ1) is 9.91. The van der Waals surface area contributed by atoms with Crippen LogP contribution in [0.2, 0.25) is 0 Å². The molecule has 0 atom stereocenters. The highest BCUT2D eigenvalue weighted by Crippen LogP contribution is 1.60. The minimum absolute atomic E-state index is 0.245. The molecule has 5 nitrogen and oxygen atoms in total. The topological polar surface area (TPSA) is 85.0 Å². The molecule has 0 saturated heterocycles. The Balaban J connectivity index is 0. The summed E-state index contributed by atoms with van der Waals surface area (Å²) in [4.78, 5) is 11.1. The van der Waals surface area contributed by atoms with Crippen molar-refractivity contribution in [2.45, 2.75) is 6.92 Å². The summed E-state index contributed by atoms with van der Waals surface area (Å²) in [6.45, 7) is 1.36. The summed E-state index contributed by atoms with van der Waals surface area (Å²) >= 11 is 0. The number of nitrogens with zero attached hydrogens (tertiary/aromatic N) is 3. The van der Waals surface area contributed by atoms with Gasteiger partial charge >= 0.3 is 5.97 Å². The van der Waals surface area contributed by atoms with Crippen LogP contribution >= 0.6 is 0 Å². The molecule has 0 amide bonds. The number of carbonyl (C=O) groups is 1. The Labute approximate surface area is 46.7 Å². The molecule has 8 heavy (non-hydrogen) atoms. The highest BCUT2D eigenvalue weighted by Gasteiger charge is 1.75. The Hall–Kier alpha value is -1.22. The summed E-state index contributed by atoms with van der Waals surface area (Å²) in [7, 11) is 1.35. The number of methoxy groups -OCH3 is 1. The number of carbonyl (C=O) groups excluding carboxylic acids is 1. The number of esters is 1. The lowest BCUT2D eigenvalue weighted by Crippen LogP contribution is -1.88. The van der Waals surface area contributed by atoms with E-state index in [0.717, 1.165) is 0 Å². The molecule has 0 rings (SSSR count). The molecule has 0 bridgehead atoms. The van der Waals surface area contributed by atoms with Crippen LogP contribution in [-0.4, -0.2) is 13.1 Å². The summed E-state index contributed by atoms with van der Waals surface area (Å²) in [6.07, 6.45) is 0. The first-order valence-electron chi connectivity index (χ1n) is 1.72. The fourth-order valence-corrected chi connectivity index (χ4v) is 0. The third-order valence-electron chi connectivity index (χ3n) is 0.287. The summed E-state index contributed by atoms with van der Waals surface area (Å²) in [5.74, 6) is -0.245. The maximum atomic E-state index is 9.59. The smallest absolute Gasteiger partial charge is 0.302 e. The molecule has 0 spiro atoms. The van der Waals surface area contributed by atoms with E-state index in [9.17, 15) is 4.79 Å². The van der Waals surface area contributed by atoms with Gasteiger partial charge in [0.15, 0.2) is 0 Å². The molecule has 0 unspecified atom stereocenters. The van der Waals surface area contributed by atoms with Gasteiger partial charge in [0.05, 0.1) is 7.11 Å². The molecular weight excluding hydrogens is 110 g/mol.